The highest BCUT2D eigenvalue weighted by atomic mass is 35.5. The molecule has 1 N–H and O–H groups in total. The van der Waals surface area contributed by atoms with E-state index in [1.165, 1.54) is 11.0 Å². The third-order valence-electron chi connectivity index (χ3n) is 8.43. The molecule has 2 aliphatic rings. The molecule has 0 aliphatic carbocycles. The molecule has 44 heavy (non-hydrogen) atoms. The molecule has 2 aromatic carbocycles. The highest BCUT2D eigenvalue weighted by Gasteiger charge is 2.48. The first-order chi connectivity index (χ1) is 20.8. The summed E-state index contributed by atoms with van der Waals surface area (Å²) in [6.45, 7) is 7.96. The van der Waals surface area contributed by atoms with Crippen molar-refractivity contribution in [1.29, 1.82) is 0 Å². The number of benzene rings is 2. The summed E-state index contributed by atoms with van der Waals surface area (Å²) in [5, 5.41) is 15.0. The van der Waals surface area contributed by atoms with Crippen molar-refractivity contribution in [1.82, 2.24) is 30.1 Å². The van der Waals surface area contributed by atoms with Crippen molar-refractivity contribution >= 4 is 34.9 Å². The van der Waals surface area contributed by atoms with Gasteiger partial charge in [-0.05, 0) is 62.9 Å². The number of hydrogen-bond donors (Lipinski definition) is 1. The van der Waals surface area contributed by atoms with Gasteiger partial charge in [0, 0.05) is 29.3 Å². The van der Waals surface area contributed by atoms with Gasteiger partial charge in [0.05, 0.1) is 45.8 Å². The van der Waals surface area contributed by atoms with Gasteiger partial charge in [-0.1, -0.05) is 42.8 Å². The fourth-order valence-corrected chi connectivity index (χ4v) is 6.54. The van der Waals surface area contributed by atoms with Gasteiger partial charge in [0.2, 0.25) is 5.91 Å². The second-order valence-electron chi connectivity index (χ2n) is 11.9. The quantitative estimate of drug-likeness (QED) is 0.269. The molecular weight excluding hydrogens is 595 g/mol. The summed E-state index contributed by atoms with van der Waals surface area (Å²) in [4.78, 5) is 31.2. The first-order valence-electron chi connectivity index (χ1n) is 14.4. The van der Waals surface area contributed by atoms with E-state index in [-0.39, 0.29) is 23.9 Å². The highest BCUT2D eigenvalue weighted by molar-refractivity contribution is 6.31. The normalized spacial score (nSPS) is 20.2. The number of likely N-dealkylation sites (tertiary alicyclic amines) is 1. The second-order valence-corrected chi connectivity index (χ2v) is 12.3. The number of amides is 2. The van der Waals surface area contributed by atoms with E-state index in [4.69, 9.17) is 16.7 Å². The number of H-pyrrole nitrogens is 1. The van der Waals surface area contributed by atoms with Crippen LogP contribution in [0.5, 0.6) is 0 Å². The maximum absolute atomic E-state index is 14.3. The van der Waals surface area contributed by atoms with E-state index in [1.807, 2.05) is 42.8 Å². The summed E-state index contributed by atoms with van der Waals surface area (Å²) in [6, 6.07) is 9.87. The van der Waals surface area contributed by atoms with E-state index in [0.717, 1.165) is 34.6 Å². The Morgan fingerprint density at radius 2 is 1.89 bits per heavy atom. The molecule has 3 atom stereocenters. The third kappa shape index (κ3) is 5.14. The Balaban J connectivity index is 1.37. The molecule has 0 saturated carbocycles. The Morgan fingerprint density at radius 3 is 2.52 bits per heavy atom. The molecule has 0 radical (unpaired) electrons. The number of hydrogen-bond acceptors (Lipinski definition) is 5. The fraction of sp³-hybridized carbons (Fsp3) is 0.387. The molecule has 13 heteroatoms. The number of aryl methyl sites for hydroxylation is 1. The van der Waals surface area contributed by atoms with E-state index >= 15 is 0 Å². The van der Waals surface area contributed by atoms with Gasteiger partial charge in [-0.3, -0.25) is 19.6 Å². The lowest BCUT2D eigenvalue weighted by molar-refractivity contribution is -0.137. The number of rotatable bonds is 5. The van der Waals surface area contributed by atoms with Gasteiger partial charge < -0.3 is 4.90 Å². The molecular formula is C31H31ClF3N7O2. The van der Waals surface area contributed by atoms with Crippen LogP contribution in [-0.4, -0.2) is 54.5 Å². The fourth-order valence-electron chi connectivity index (χ4n) is 6.31. The molecule has 2 unspecified atom stereocenters. The monoisotopic (exact) mass is 625 g/mol. The van der Waals surface area contributed by atoms with Crippen LogP contribution in [0.1, 0.15) is 60.4 Å². The number of aromatic amines is 1. The molecule has 1 fully saturated rings. The van der Waals surface area contributed by atoms with Gasteiger partial charge in [0.15, 0.2) is 0 Å². The molecule has 0 bridgehead atoms. The standard InChI is InChI=1S/C31H31ClF3N7O2/c1-16(2)11-21-14-36-42-26-15-40(29(43)20-7-10-25(32)24(13-20)31(33,34)35)17(3)12-23(26)30(44)41(28(21)42)22-8-5-19(6-9-22)27-18(4)37-39-38-27/h5-10,13-14,16-17,23,26H,11-12,15H2,1-4H3,(H,37,38,39)/t17-,23?,26?/m1/s1. The summed E-state index contributed by atoms with van der Waals surface area (Å²) >= 11 is 5.80. The van der Waals surface area contributed by atoms with Crippen LogP contribution in [0.4, 0.5) is 24.7 Å². The van der Waals surface area contributed by atoms with Crippen molar-refractivity contribution in [2.45, 2.75) is 58.8 Å². The topological polar surface area (TPSA) is 100 Å². The Morgan fingerprint density at radius 1 is 1.16 bits per heavy atom. The van der Waals surface area contributed by atoms with E-state index in [0.29, 0.717) is 24.3 Å². The van der Waals surface area contributed by atoms with Crippen molar-refractivity contribution in [2.75, 3.05) is 11.4 Å². The van der Waals surface area contributed by atoms with Crippen LogP contribution in [0, 0.1) is 18.8 Å². The molecule has 6 rings (SSSR count). The average Bonchev–Trinajstić information content (AvgIpc) is 3.58. The lowest BCUT2D eigenvalue weighted by atomic mass is 9.84. The smallest absolute Gasteiger partial charge is 0.334 e. The maximum atomic E-state index is 14.3. The zero-order valence-corrected chi connectivity index (χ0v) is 25.3. The summed E-state index contributed by atoms with van der Waals surface area (Å²) in [5.74, 6) is -0.227. The molecule has 4 heterocycles. The van der Waals surface area contributed by atoms with Gasteiger partial charge in [-0.2, -0.15) is 18.3 Å². The SMILES string of the molecule is Cc1nn[nH]c1-c1ccc(N2C(=O)C3C[C@@H](C)N(C(=O)c4ccc(Cl)c(C(F)(F)F)c4)CC3n3ncc(CC(C)C)c32)cc1. The average molecular weight is 626 g/mol. The summed E-state index contributed by atoms with van der Waals surface area (Å²) in [7, 11) is 0. The minimum atomic E-state index is -4.70. The molecule has 2 aliphatic heterocycles. The lowest BCUT2D eigenvalue weighted by Crippen LogP contribution is -2.56. The van der Waals surface area contributed by atoms with Crippen molar-refractivity contribution in [3.05, 3.63) is 76.1 Å². The van der Waals surface area contributed by atoms with Gasteiger partial charge in [0.1, 0.15) is 5.82 Å². The van der Waals surface area contributed by atoms with Crippen molar-refractivity contribution < 1.29 is 22.8 Å². The van der Waals surface area contributed by atoms with Crippen LogP contribution < -0.4 is 4.90 Å². The number of carbonyl (C=O) groups excluding carboxylic acids is 2. The molecule has 2 amide bonds. The molecule has 2 aromatic heterocycles. The molecule has 9 nitrogen and oxygen atoms in total. The number of carbonyl (C=O) groups is 2. The Hall–Kier alpha value is -4.19. The molecule has 230 valence electrons. The maximum Gasteiger partial charge on any atom is 0.417 e. The first kappa shape index (κ1) is 29.9. The molecule has 4 aromatic rings. The zero-order valence-electron chi connectivity index (χ0n) is 24.6. The predicted octanol–water partition coefficient (Wildman–Crippen LogP) is 6.62. The van der Waals surface area contributed by atoms with Gasteiger partial charge in [-0.25, -0.2) is 4.68 Å². The van der Waals surface area contributed by atoms with E-state index in [9.17, 15) is 22.8 Å². The molecule has 1 saturated heterocycles. The van der Waals surface area contributed by atoms with Crippen LogP contribution in [0.3, 0.4) is 0 Å². The van der Waals surface area contributed by atoms with Crippen molar-refractivity contribution in [3.63, 3.8) is 0 Å². The largest absolute Gasteiger partial charge is 0.417 e. The van der Waals surface area contributed by atoms with Crippen LogP contribution in [0.25, 0.3) is 11.3 Å². The van der Waals surface area contributed by atoms with E-state index < -0.39 is 40.7 Å². The van der Waals surface area contributed by atoms with Crippen LogP contribution in [-0.2, 0) is 17.4 Å². The van der Waals surface area contributed by atoms with Gasteiger partial charge in [0.25, 0.3) is 5.91 Å². The number of alkyl halides is 3. The minimum Gasteiger partial charge on any atom is -0.334 e. The zero-order chi connectivity index (χ0) is 31.5. The number of aromatic nitrogens is 5. The number of halogens is 4. The van der Waals surface area contributed by atoms with E-state index in [1.54, 1.807) is 11.1 Å². The van der Waals surface area contributed by atoms with Crippen LogP contribution in [0.15, 0.2) is 48.7 Å². The van der Waals surface area contributed by atoms with Crippen molar-refractivity contribution in [3.8, 4) is 11.3 Å². The number of anilines is 2. The third-order valence-corrected chi connectivity index (χ3v) is 8.76. The van der Waals surface area contributed by atoms with Gasteiger partial charge in [-0.15, -0.1) is 5.10 Å². The number of nitrogens with zero attached hydrogens (tertiary/aromatic N) is 6. The number of nitrogens with one attached hydrogen (secondary N) is 1. The summed E-state index contributed by atoms with van der Waals surface area (Å²) in [5.41, 5.74) is 2.84. The number of piperidine rings is 1. The van der Waals surface area contributed by atoms with Crippen molar-refractivity contribution in [2.24, 2.45) is 11.8 Å². The number of fused-ring (bicyclic) bond motifs is 3. The minimum absolute atomic E-state index is 0.107. The summed E-state index contributed by atoms with van der Waals surface area (Å²) in [6.07, 6.45) is -1.93. The van der Waals surface area contributed by atoms with Crippen LogP contribution in [0.2, 0.25) is 5.02 Å². The first-order valence-corrected chi connectivity index (χ1v) is 14.8. The predicted molar refractivity (Wildman–Crippen MR) is 159 cm³/mol. The highest BCUT2D eigenvalue weighted by Crippen LogP contribution is 2.45. The molecule has 0 spiro atoms. The van der Waals surface area contributed by atoms with E-state index in [2.05, 4.69) is 29.3 Å². The lowest BCUT2D eigenvalue weighted by Gasteiger charge is -2.47. The van der Waals surface area contributed by atoms with Crippen LogP contribution >= 0.6 is 11.6 Å². The Kier molecular flexibility index (Phi) is 7.51. The second kappa shape index (κ2) is 11.1. The van der Waals surface area contributed by atoms with Gasteiger partial charge >= 0.3 is 6.18 Å². The Bertz CT molecular complexity index is 1730. The summed E-state index contributed by atoms with van der Waals surface area (Å²) < 4.78 is 42.5. The Labute approximate surface area is 257 Å².